The number of para-hydroxylation sites is 2. The fraction of sp³-hybridized carbons (Fsp3) is 0. The van der Waals surface area contributed by atoms with E-state index in [1.807, 2.05) is 29.5 Å². The van der Waals surface area contributed by atoms with Gasteiger partial charge < -0.3 is 4.57 Å². The topological polar surface area (TPSA) is 22.0 Å². The van der Waals surface area contributed by atoms with Gasteiger partial charge in [0.25, 0.3) is 0 Å². The van der Waals surface area contributed by atoms with Crippen molar-refractivity contribution in [3.63, 3.8) is 0 Å². The van der Waals surface area contributed by atoms with Gasteiger partial charge in [0.1, 0.15) is 0 Å². The van der Waals surface area contributed by atoms with E-state index in [0.717, 1.165) is 58.7 Å². The second-order valence-electron chi connectivity index (χ2n) is 14.0. The fourth-order valence-electron chi connectivity index (χ4n) is 9.39. The van der Waals surface area contributed by atoms with Crippen molar-refractivity contribution in [2.24, 2.45) is 0 Å². The van der Waals surface area contributed by atoms with E-state index >= 15 is 4.21 Å². The Labute approximate surface area is 304 Å². The molecule has 0 unspecified atom stereocenters. The Morgan fingerprint density at radius 3 is 1.65 bits per heavy atom. The predicted molar refractivity (Wildman–Crippen MR) is 218 cm³/mol. The maximum absolute atomic E-state index is 17.1. The van der Waals surface area contributed by atoms with Crippen molar-refractivity contribution in [3.8, 4) is 39.1 Å². The highest BCUT2D eigenvalue weighted by atomic mass is 32.3. The van der Waals surface area contributed by atoms with Crippen molar-refractivity contribution in [1.82, 2.24) is 4.57 Å². The van der Waals surface area contributed by atoms with Crippen LogP contribution in [0.1, 0.15) is 0 Å². The highest BCUT2D eigenvalue weighted by molar-refractivity contribution is 8.21. The minimum atomic E-state index is -3.95. The predicted octanol–water partition coefficient (Wildman–Crippen LogP) is 13.1. The third kappa shape index (κ3) is 3.29. The molecule has 2 aliphatic heterocycles. The second kappa shape index (κ2) is 9.83. The summed E-state index contributed by atoms with van der Waals surface area (Å²) in [6.07, 6.45) is 0. The molecule has 10 aromatic rings. The molecule has 244 valence electrons. The average molecular weight is 700 g/mol. The summed E-state index contributed by atoms with van der Waals surface area (Å²) in [7, 11) is -3.95. The van der Waals surface area contributed by atoms with Crippen molar-refractivity contribution < 1.29 is 4.21 Å². The number of hydrogen-bond acceptors (Lipinski definition) is 2. The molecule has 2 aromatic heterocycles. The molecule has 0 fully saturated rings. The van der Waals surface area contributed by atoms with Crippen LogP contribution in [0.15, 0.2) is 196 Å². The molecule has 0 atom stereocenters. The van der Waals surface area contributed by atoms with Crippen LogP contribution in [0.5, 0.6) is 0 Å². The molecule has 0 radical (unpaired) electrons. The monoisotopic (exact) mass is 699 g/mol. The molecule has 4 heteroatoms. The number of benzene rings is 8. The largest absolute Gasteiger partial charge is 0.309 e. The Hall–Kier alpha value is -6.07. The zero-order valence-electron chi connectivity index (χ0n) is 27.9. The first kappa shape index (κ1) is 28.6. The van der Waals surface area contributed by atoms with Gasteiger partial charge in [0.15, 0.2) is 0 Å². The fourth-order valence-corrected chi connectivity index (χ4v) is 15.7. The van der Waals surface area contributed by atoms with Crippen LogP contribution in [0.3, 0.4) is 0 Å². The lowest BCUT2D eigenvalue weighted by Crippen LogP contribution is -2.30. The van der Waals surface area contributed by atoms with Crippen LogP contribution in [0.25, 0.3) is 81.0 Å². The third-order valence-corrected chi connectivity index (χ3v) is 17.4. The number of fused-ring (bicyclic) bond motifs is 16. The minimum Gasteiger partial charge on any atom is -0.309 e. The smallest absolute Gasteiger partial charge is 0.0555 e. The summed E-state index contributed by atoms with van der Waals surface area (Å²) in [6, 6.07) is 62.7. The lowest BCUT2D eigenvalue weighted by atomic mass is 9.99. The van der Waals surface area contributed by atoms with Crippen LogP contribution in [-0.2, 0) is 9.07 Å². The lowest BCUT2D eigenvalue weighted by Gasteiger charge is -2.39. The van der Waals surface area contributed by atoms with Gasteiger partial charge in [0.2, 0.25) is 0 Å². The van der Waals surface area contributed by atoms with Gasteiger partial charge in [-0.05, 0) is 82.4 Å². The first-order valence-corrected chi connectivity index (χ1v) is 20.5. The van der Waals surface area contributed by atoms with Crippen LogP contribution in [0, 0.1) is 0 Å². The summed E-state index contributed by atoms with van der Waals surface area (Å²) < 4.78 is 22.1. The van der Waals surface area contributed by atoms with Gasteiger partial charge in [-0.1, -0.05) is 121 Å². The van der Waals surface area contributed by atoms with E-state index in [2.05, 4.69) is 162 Å². The van der Waals surface area contributed by atoms with Crippen molar-refractivity contribution >= 4 is 62.4 Å². The van der Waals surface area contributed by atoms with E-state index in [4.69, 9.17) is 0 Å². The molecule has 12 rings (SSSR count). The van der Waals surface area contributed by atoms with Crippen molar-refractivity contribution in [1.29, 1.82) is 0 Å². The van der Waals surface area contributed by atoms with Gasteiger partial charge in [-0.25, -0.2) is 0 Å². The van der Waals surface area contributed by atoms with E-state index in [9.17, 15) is 0 Å². The molecule has 0 bridgehead atoms. The molecule has 1 spiro atoms. The molecule has 52 heavy (non-hydrogen) atoms. The van der Waals surface area contributed by atoms with Crippen molar-refractivity contribution in [2.45, 2.75) is 19.6 Å². The van der Waals surface area contributed by atoms with E-state index in [1.54, 1.807) is 0 Å². The van der Waals surface area contributed by atoms with E-state index in [0.29, 0.717) is 0 Å². The SMILES string of the molecule is O=S12(c3ccccc3-c3ccccc31)c1ccccc1-c1ccc(-c3ccccc3-n3c4ccccc4c4cc5c(cc43)sc3ccccc35)cc12. The van der Waals surface area contributed by atoms with E-state index in [-0.39, 0.29) is 0 Å². The van der Waals surface area contributed by atoms with Gasteiger partial charge in [0, 0.05) is 65.2 Å². The summed E-state index contributed by atoms with van der Waals surface area (Å²) in [5, 5.41) is 5.08. The summed E-state index contributed by atoms with van der Waals surface area (Å²) in [5.74, 6) is 0. The van der Waals surface area contributed by atoms with Crippen LogP contribution in [0.2, 0.25) is 0 Å². The molecule has 0 saturated carbocycles. The molecular formula is C48H29NOS2. The molecule has 2 nitrogen and oxygen atoms in total. The molecule has 0 N–H and O–H groups in total. The zero-order valence-corrected chi connectivity index (χ0v) is 29.5. The Morgan fingerprint density at radius 1 is 0.385 bits per heavy atom. The average Bonchev–Trinajstić information content (AvgIpc) is 3.88. The minimum absolute atomic E-state index is 0.900. The van der Waals surface area contributed by atoms with Crippen LogP contribution < -0.4 is 0 Å². The van der Waals surface area contributed by atoms with Crippen LogP contribution in [0.4, 0.5) is 0 Å². The molecule has 2 aliphatic rings. The van der Waals surface area contributed by atoms with Gasteiger partial charge in [-0.2, -0.15) is 0 Å². The maximum Gasteiger partial charge on any atom is 0.0555 e. The number of thiophene rings is 1. The van der Waals surface area contributed by atoms with Crippen LogP contribution in [-0.4, -0.2) is 8.78 Å². The standard InChI is InChI=1S/C48H29NOS2/c50-52(45-22-10-4-16-34(45)35-17-5-11-23-46(35)52)47-24-12-6-18-36(47)37-26-25-30(27-48(37)52)31-13-1-7-19-40(31)49-41-20-8-2-14-32(41)38-28-39-33-15-3-9-21-43(33)51-44(39)29-42(38)49/h1-29H. The zero-order chi connectivity index (χ0) is 34.2. The summed E-state index contributed by atoms with van der Waals surface area (Å²) in [6.45, 7) is 0. The Bertz CT molecular complexity index is 3200. The summed E-state index contributed by atoms with van der Waals surface area (Å²) in [4.78, 5) is 3.63. The molecule has 0 aliphatic carbocycles. The quantitative estimate of drug-likeness (QED) is 0.176. The van der Waals surface area contributed by atoms with E-state index in [1.165, 1.54) is 42.0 Å². The second-order valence-corrected chi connectivity index (χ2v) is 18.7. The molecular weight excluding hydrogens is 671 g/mol. The number of aromatic nitrogens is 1. The first-order chi connectivity index (χ1) is 25.6. The van der Waals surface area contributed by atoms with Crippen LogP contribution >= 0.6 is 11.3 Å². The number of rotatable bonds is 2. The highest BCUT2D eigenvalue weighted by Gasteiger charge is 2.57. The maximum atomic E-state index is 17.1. The van der Waals surface area contributed by atoms with Crippen molar-refractivity contribution in [3.05, 3.63) is 176 Å². The van der Waals surface area contributed by atoms with E-state index < -0.39 is 9.07 Å². The van der Waals surface area contributed by atoms with Gasteiger partial charge in [-0.15, -0.1) is 11.3 Å². The van der Waals surface area contributed by atoms with Gasteiger partial charge in [-0.3, -0.25) is 4.21 Å². The lowest BCUT2D eigenvalue weighted by molar-refractivity contribution is 0.658. The molecule has 0 amide bonds. The molecule has 0 saturated heterocycles. The third-order valence-electron chi connectivity index (χ3n) is 11.5. The Balaban J connectivity index is 1.16. The normalized spacial score (nSPS) is 15.4. The number of nitrogens with zero attached hydrogens (tertiary/aromatic N) is 1. The molecule has 4 heterocycles. The summed E-state index contributed by atoms with van der Waals surface area (Å²) >= 11 is 1.85. The van der Waals surface area contributed by atoms with Gasteiger partial charge >= 0.3 is 0 Å². The highest BCUT2D eigenvalue weighted by Crippen LogP contribution is 2.71. The summed E-state index contributed by atoms with van der Waals surface area (Å²) in [5.41, 5.74) is 9.81. The van der Waals surface area contributed by atoms with Crippen molar-refractivity contribution in [2.75, 3.05) is 0 Å². The van der Waals surface area contributed by atoms with Gasteiger partial charge in [0.05, 0.1) is 16.7 Å². The Morgan fingerprint density at radius 2 is 0.942 bits per heavy atom. The Kier molecular flexibility index (Phi) is 5.41. The molecule has 8 aromatic carbocycles. The first-order valence-electron chi connectivity index (χ1n) is 17.7. The number of hydrogen-bond donors (Lipinski definition) is 0.